The number of amides is 1. The van der Waals surface area contributed by atoms with Crippen molar-refractivity contribution in [3.63, 3.8) is 0 Å². The molecule has 1 aromatic carbocycles. The molecule has 0 saturated carbocycles. The smallest absolute Gasteiger partial charge is 0.272 e. The van der Waals surface area contributed by atoms with E-state index in [1.54, 1.807) is 30.3 Å². The van der Waals surface area contributed by atoms with Gasteiger partial charge in [-0.3, -0.25) is 9.35 Å². The molecular formula is C11H13NO4S. The molecule has 92 valence electrons. The summed E-state index contributed by atoms with van der Waals surface area (Å²) in [5.41, 5.74) is 5.33. The molecule has 0 fully saturated rings. The van der Waals surface area contributed by atoms with E-state index in [1.165, 1.54) is 0 Å². The zero-order valence-electron chi connectivity index (χ0n) is 9.04. The van der Waals surface area contributed by atoms with Gasteiger partial charge in [-0.05, 0) is 5.56 Å². The van der Waals surface area contributed by atoms with E-state index in [0.29, 0.717) is 5.56 Å². The molecule has 6 heteroatoms. The van der Waals surface area contributed by atoms with E-state index in [4.69, 9.17) is 10.3 Å². The van der Waals surface area contributed by atoms with E-state index in [1.807, 2.05) is 0 Å². The van der Waals surface area contributed by atoms with Crippen LogP contribution in [-0.4, -0.2) is 18.9 Å². The third-order valence-electron chi connectivity index (χ3n) is 2.31. The van der Waals surface area contributed by atoms with Gasteiger partial charge >= 0.3 is 0 Å². The van der Waals surface area contributed by atoms with Crippen LogP contribution in [0.3, 0.4) is 0 Å². The molecule has 0 radical (unpaired) electrons. The number of rotatable bonds is 5. The molecule has 0 aliphatic carbocycles. The minimum absolute atomic E-state index is 0.0449. The monoisotopic (exact) mass is 255 g/mol. The van der Waals surface area contributed by atoms with Crippen molar-refractivity contribution in [3.8, 4) is 0 Å². The van der Waals surface area contributed by atoms with E-state index >= 15 is 0 Å². The predicted molar refractivity (Wildman–Crippen MR) is 63.7 cm³/mol. The van der Waals surface area contributed by atoms with Gasteiger partial charge in [0.15, 0.2) is 0 Å². The van der Waals surface area contributed by atoms with Crippen molar-refractivity contribution < 1.29 is 17.8 Å². The average molecular weight is 255 g/mol. The van der Waals surface area contributed by atoms with E-state index in [2.05, 4.69) is 6.58 Å². The van der Waals surface area contributed by atoms with E-state index in [9.17, 15) is 13.2 Å². The molecule has 3 N–H and O–H groups in total. The number of primary amides is 1. The Morgan fingerprint density at radius 2 is 1.88 bits per heavy atom. The van der Waals surface area contributed by atoms with Gasteiger partial charge in [-0.2, -0.15) is 8.42 Å². The van der Waals surface area contributed by atoms with Gasteiger partial charge < -0.3 is 5.73 Å². The van der Waals surface area contributed by atoms with Crippen LogP contribution in [0.5, 0.6) is 0 Å². The summed E-state index contributed by atoms with van der Waals surface area (Å²) in [5.74, 6) is -0.783. The van der Waals surface area contributed by atoms with Gasteiger partial charge in [0.25, 0.3) is 10.1 Å². The van der Waals surface area contributed by atoms with Gasteiger partial charge in [-0.1, -0.05) is 36.9 Å². The Balaban J connectivity index is 3.07. The summed E-state index contributed by atoms with van der Waals surface area (Å²) in [6.07, 6.45) is -0.224. The molecule has 1 atom stereocenters. The van der Waals surface area contributed by atoms with E-state index < -0.39 is 21.3 Å². The molecule has 1 amide bonds. The van der Waals surface area contributed by atoms with E-state index in [0.717, 1.165) is 0 Å². The van der Waals surface area contributed by atoms with Crippen molar-refractivity contribution in [2.24, 2.45) is 5.73 Å². The van der Waals surface area contributed by atoms with Crippen LogP contribution in [-0.2, 0) is 14.9 Å². The van der Waals surface area contributed by atoms with Crippen LogP contribution >= 0.6 is 0 Å². The lowest BCUT2D eigenvalue weighted by atomic mass is 10.0. The first-order valence-electron chi connectivity index (χ1n) is 4.81. The van der Waals surface area contributed by atoms with E-state index in [-0.39, 0.29) is 12.0 Å². The molecule has 1 unspecified atom stereocenters. The molecule has 5 nitrogen and oxygen atoms in total. The minimum Gasteiger partial charge on any atom is -0.366 e. The Hall–Kier alpha value is -1.66. The number of hydrogen-bond acceptors (Lipinski definition) is 3. The lowest BCUT2D eigenvalue weighted by molar-refractivity contribution is -0.114. The molecule has 0 aliphatic heterocycles. The van der Waals surface area contributed by atoms with Crippen LogP contribution in [0.15, 0.2) is 42.5 Å². The zero-order valence-corrected chi connectivity index (χ0v) is 9.85. The van der Waals surface area contributed by atoms with Gasteiger partial charge in [0, 0.05) is 12.0 Å². The molecule has 0 bridgehead atoms. The highest BCUT2D eigenvalue weighted by atomic mass is 32.2. The quantitative estimate of drug-likeness (QED) is 0.607. The van der Waals surface area contributed by atoms with Crippen LogP contribution in [0.4, 0.5) is 0 Å². The standard InChI is InChI=1S/C11H13NO4S/c1-8(11(12)13)7-10(17(14,15)16)9-5-3-2-4-6-9/h2-6,10H,1,7H2,(H2,12,13)(H,14,15,16). The number of nitrogens with two attached hydrogens (primary N) is 1. The van der Waals surface area contributed by atoms with Crippen molar-refractivity contribution in [2.75, 3.05) is 0 Å². The molecule has 0 saturated heterocycles. The largest absolute Gasteiger partial charge is 0.366 e. The molecule has 1 aromatic rings. The number of carbonyl (C=O) groups is 1. The lowest BCUT2D eigenvalue weighted by Crippen LogP contribution is -2.19. The van der Waals surface area contributed by atoms with Crippen molar-refractivity contribution >= 4 is 16.0 Å². The number of benzene rings is 1. The molecule has 0 spiro atoms. The van der Waals surface area contributed by atoms with Gasteiger partial charge in [0.1, 0.15) is 5.25 Å². The van der Waals surface area contributed by atoms with Crippen LogP contribution in [0.1, 0.15) is 17.2 Å². The van der Waals surface area contributed by atoms with Crippen molar-refractivity contribution in [2.45, 2.75) is 11.7 Å². The molecule has 0 aliphatic rings. The topological polar surface area (TPSA) is 97.5 Å². The Bertz CT molecular complexity index is 522. The van der Waals surface area contributed by atoms with Gasteiger partial charge in [-0.25, -0.2) is 0 Å². The predicted octanol–water partition coefficient (Wildman–Crippen LogP) is 1.05. The van der Waals surface area contributed by atoms with Crippen LogP contribution in [0.2, 0.25) is 0 Å². The first-order chi connectivity index (χ1) is 7.82. The summed E-state index contributed by atoms with van der Waals surface area (Å²) in [6, 6.07) is 8.09. The average Bonchev–Trinajstić information content (AvgIpc) is 2.25. The van der Waals surface area contributed by atoms with Crippen molar-refractivity contribution in [1.29, 1.82) is 0 Å². The summed E-state index contributed by atoms with van der Waals surface area (Å²) >= 11 is 0. The second kappa shape index (κ2) is 5.11. The zero-order chi connectivity index (χ0) is 13.1. The molecule has 0 aromatic heterocycles. The van der Waals surface area contributed by atoms with Crippen LogP contribution < -0.4 is 5.73 Å². The van der Waals surface area contributed by atoms with Gasteiger partial charge in [-0.15, -0.1) is 0 Å². The maximum Gasteiger partial charge on any atom is 0.272 e. The molecular weight excluding hydrogens is 242 g/mol. The number of carbonyl (C=O) groups excluding carboxylic acids is 1. The Kier molecular flexibility index (Phi) is 4.03. The van der Waals surface area contributed by atoms with Crippen LogP contribution in [0.25, 0.3) is 0 Å². The molecule has 0 heterocycles. The summed E-state index contributed by atoms with van der Waals surface area (Å²) in [6.45, 7) is 3.38. The minimum atomic E-state index is -4.32. The summed E-state index contributed by atoms with van der Waals surface area (Å²) in [4.78, 5) is 10.8. The maximum atomic E-state index is 11.3. The second-order valence-corrected chi connectivity index (χ2v) is 5.19. The fourth-order valence-corrected chi connectivity index (χ4v) is 2.30. The Morgan fingerprint density at radius 3 is 2.29 bits per heavy atom. The summed E-state index contributed by atoms with van der Waals surface area (Å²) in [7, 11) is -4.32. The fraction of sp³-hybridized carbons (Fsp3) is 0.182. The van der Waals surface area contributed by atoms with Crippen LogP contribution in [0, 0.1) is 0 Å². The third-order valence-corrected chi connectivity index (χ3v) is 3.47. The van der Waals surface area contributed by atoms with Crippen molar-refractivity contribution in [1.82, 2.24) is 0 Å². The second-order valence-electron chi connectivity index (χ2n) is 3.59. The van der Waals surface area contributed by atoms with Crippen molar-refractivity contribution in [3.05, 3.63) is 48.0 Å². The normalized spacial score (nSPS) is 13.0. The molecule has 1 rings (SSSR count). The summed E-state index contributed by atoms with van der Waals surface area (Å²) < 4.78 is 31.6. The lowest BCUT2D eigenvalue weighted by Gasteiger charge is -2.14. The Labute approximate surface area is 99.7 Å². The highest BCUT2D eigenvalue weighted by Gasteiger charge is 2.26. The number of hydrogen-bond donors (Lipinski definition) is 2. The SMILES string of the molecule is C=C(CC(c1ccccc1)S(=O)(=O)O)C(N)=O. The maximum absolute atomic E-state index is 11.3. The highest BCUT2D eigenvalue weighted by Crippen LogP contribution is 2.27. The summed E-state index contributed by atoms with van der Waals surface area (Å²) in [5, 5.41) is -1.22. The van der Waals surface area contributed by atoms with Gasteiger partial charge in [0.2, 0.25) is 5.91 Å². The first-order valence-corrected chi connectivity index (χ1v) is 6.31. The highest BCUT2D eigenvalue weighted by molar-refractivity contribution is 7.86. The molecule has 17 heavy (non-hydrogen) atoms. The van der Waals surface area contributed by atoms with Gasteiger partial charge in [0.05, 0.1) is 0 Å². The Morgan fingerprint density at radius 1 is 1.35 bits per heavy atom. The fourth-order valence-electron chi connectivity index (χ4n) is 1.39. The first kappa shape index (κ1) is 13.4. The third kappa shape index (κ3) is 3.69.